The molecule has 0 bridgehead atoms. The number of carbonyl (C=O) groups is 1. The summed E-state index contributed by atoms with van der Waals surface area (Å²) in [5.41, 5.74) is -0.153. The van der Waals surface area contributed by atoms with E-state index in [9.17, 15) is 13.6 Å². The Kier molecular flexibility index (Phi) is 3.40. The summed E-state index contributed by atoms with van der Waals surface area (Å²) in [6.45, 7) is 2.16. The Labute approximate surface area is 119 Å². The fourth-order valence-electron chi connectivity index (χ4n) is 2.53. The monoisotopic (exact) mass is 293 g/mol. The third-order valence-corrected chi connectivity index (χ3v) is 3.50. The van der Waals surface area contributed by atoms with Gasteiger partial charge in [-0.2, -0.15) is 4.98 Å². The smallest absolute Gasteiger partial charge is 0.257 e. The molecule has 0 saturated carbocycles. The number of nitrogens with zero attached hydrogens (tertiary/aromatic N) is 3. The second-order valence-corrected chi connectivity index (χ2v) is 4.96. The molecule has 1 aliphatic rings. The van der Waals surface area contributed by atoms with Crippen LogP contribution in [0.2, 0.25) is 0 Å². The summed E-state index contributed by atoms with van der Waals surface area (Å²) in [7, 11) is 0. The van der Waals surface area contributed by atoms with Gasteiger partial charge in [0.1, 0.15) is 17.7 Å². The van der Waals surface area contributed by atoms with Crippen molar-refractivity contribution in [1.82, 2.24) is 15.0 Å². The largest absolute Gasteiger partial charge is 0.337 e. The van der Waals surface area contributed by atoms with Gasteiger partial charge in [-0.1, -0.05) is 5.16 Å². The Balaban J connectivity index is 1.89. The van der Waals surface area contributed by atoms with Gasteiger partial charge >= 0.3 is 0 Å². The molecule has 1 fully saturated rings. The molecule has 1 aliphatic heterocycles. The highest BCUT2D eigenvalue weighted by atomic mass is 19.1. The molecular weight excluding hydrogens is 280 g/mol. The summed E-state index contributed by atoms with van der Waals surface area (Å²) in [4.78, 5) is 18.1. The lowest BCUT2D eigenvalue weighted by atomic mass is 10.1. The highest BCUT2D eigenvalue weighted by molar-refractivity contribution is 5.94. The lowest BCUT2D eigenvalue weighted by Crippen LogP contribution is -2.31. The van der Waals surface area contributed by atoms with Crippen LogP contribution in [0.5, 0.6) is 0 Å². The van der Waals surface area contributed by atoms with E-state index in [1.54, 1.807) is 6.92 Å². The van der Waals surface area contributed by atoms with Crippen LogP contribution in [0.1, 0.15) is 41.0 Å². The van der Waals surface area contributed by atoms with Crippen molar-refractivity contribution < 1.29 is 18.1 Å². The van der Waals surface area contributed by atoms with Crippen molar-refractivity contribution in [2.45, 2.75) is 25.8 Å². The van der Waals surface area contributed by atoms with Crippen LogP contribution < -0.4 is 0 Å². The van der Waals surface area contributed by atoms with E-state index in [1.807, 2.05) is 0 Å². The zero-order valence-electron chi connectivity index (χ0n) is 11.3. The lowest BCUT2D eigenvalue weighted by Gasteiger charge is -2.22. The second-order valence-electron chi connectivity index (χ2n) is 4.96. The SMILES string of the molecule is Cc1noc(C2CCCN2C(=O)c2ccc(F)cc2F)n1. The Morgan fingerprint density at radius 1 is 1.43 bits per heavy atom. The average molecular weight is 293 g/mol. The number of rotatable bonds is 2. The molecule has 0 radical (unpaired) electrons. The maximum absolute atomic E-state index is 13.7. The zero-order chi connectivity index (χ0) is 15.0. The first kappa shape index (κ1) is 13.7. The Hall–Kier alpha value is -2.31. The standard InChI is InChI=1S/C14H13F2N3O2/c1-8-17-13(21-18-8)12-3-2-6-19(12)14(20)10-5-4-9(15)7-11(10)16/h4-5,7,12H,2-3,6H2,1H3. The highest BCUT2D eigenvalue weighted by Gasteiger charge is 2.35. The van der Waals surface area contributed by atoms with Crippen LogP contribution in [0.4, 0.5) is 8.78 Å². The van der Waals surface area contributed by atoms with E-state index < -0.39 is 17.5 Å². The molecule has 1 saturated heterocycles. The summed E-state index contributed by atoms with van der Waals surface area (Å²) < 4.78 is 31.8. The van der Waals surface area contributed by atoms with Crippen LogP contribution in [-0.4, -0.2) is 27.5 Å². The summed E-state index contributed by atoms with van der Waals surface area (Å²) in [6.07, 6.45) is 1.44. The molecule has 0 N–H and O–H groups in total. The van der Waals surface area contributed by atoms with Gasteiger partial charge in [0.05, 0.1) is 5.56 Å². The number of aromatic nitrogens is 2. The first-order valence-electron chi connectivity index (χ1n) is 6.62. The number of aryl methyl sites for hydroxylation is 1. The van der Waals surface area contributed by atoms with E-state index in [4.69, 9.17) is 4.52 Å². The van der Waals surface area contributed by atoms with Crippen molar-refractivity contribution in [3.8, 4) is 0 Å². The topological polar surface area (TPSA) is 59.2 Å². The molecule has 110 valence electrons. The average Bonchev–Trinajstić information content (AvgIpc) is 3.06. The summed E-state index contributed by atoms with van der Waals surface area (Å²) in [5.74, 6) is -1.24. The van der Waals surface area contributed by atoms with Crippen molar-refractivity contribution >= 4 is 5.91 Å². The zero-order valence-corrected chi connectivity index (χ0v) is 11.3. The van der Waals surface area contributed by atoms with Gasteiger partial charge in [-0.15, -0.1) is 0 Å². The van der Waals surface area contributed by atoms with E-state index in [1.165, 1.54) is 4.90 Å². The molecule has 0 spiro atoms. The molecule has 21 heavy (non-hydrogen) atoms. The van der Waals surface area contributed by atoms with Crippen LogP contribution >= 0.6 is 0 Å². The molecule has 3 rings (SSSR count). The third-order valence-electron chi connectivity index (χ3n) is 3.50. The van der Waals surface area contributed by atoms with E-state index in [0.717, 1.165) is 18.6 Å². The van der Waals surface area contributed by atoms with E-state index >= 15 is 0 Å². The van der Waals surface area contributed by atoms with E-state index in [2.05, 4.69) is 10.1 Å². The van der Waals surface area contributed by atoms with Crippen molar-refractivity contribution in [2.24, 2.45) is 0 Å². The third kappa shape index (κ3) is 2.51. The molecule has 1 unspecified atom stereocenters. The number of halogens is 2. The maximum Gasteiger partial charge on any atom is 0.257 e. The quantitative estimate of drug-likeness (QED) is 0.854. The first-order chi connectivity index (χ1) is 10.1. The lowest BCUT2D eigenvalue weighted by molar-refractivity contribution is 0.0705. The molecule has 1 aromatic heterocycles. The van der Waals surface area contributed by atoms with Gasteiger partial charge in [0.2, 0.25) is 5.89 Å². The minimum atomic E-state index is -0.868. The van der Waals surface area contributed by atoms with Gasteiger partial charge in [0.25, 0.3) is 5.91 Å². The number of amides is 1. The second kappa shape index (κ2) is 5.23. The minimum Gasteiger partial charge on any atom is -0.337 e. The molecule has 2 heterocycles. The van der Waals surface area contributed by atoms with Gasteiger partial charge in [-0.3, -0.25) is 4.79 Å². The number of hydrogen-bond donors (Lipinski definition) is 0. The Bertz CT molecular complexity index is 687. The Morgan fingerprint density at radius 3 is 2.90 bits per heavy atom. The van der Waals surface area contributed by atoms with Crippen LogP contribution in [0.3, 0.4) is 0 Å². The van der Waals surface area contributed by atoms with Crippen LogP contribution in [0, 0.1) is 18.6 Å². The van der Waals surface area contributed by atoms with Crippen molar-refractivity contribution in [3.05, 3.63) is 47.1 Å². The van der Waals surface area contributed by atoms with Crippen molar-refractivity contribution in [3.63, 3.8) is 0 Å². The molecule has 0 aliphatic carbocycles. The predicted octanol–water partition coefficient (Wildman–Crippen LogP) is 2.63. The fraction of sp³-hybridized carbons (Fsp3) is 0.357. The molecular formula is C14H13F2N3O2. The van der Waals surface area contributed by atoms with Crippen LogP contribution in [-0.2, 0) is 0 Å². The number of carbonyl (C=O) groups excluding carboxylic acids is 1. The maximum atomic E-state index is 13.7. The minimum absolute atomic E-state index is 0.153. The molecule has 5 nitrogen and oxygen atoms in total. The summed E-state index contributed by atoms with van der Waals surface area (Å²) >= 11 is 0. The first-order valence-corrected chi connectivity index (χ1v) is 6.62. The number of hydrogen-bond acceptors (Lipinski definition) is 4. The van der Waals surface area contributed by atoms with E-state index in [-0.39, 0.29) is 11.6 Å². The van der Waals surface area contributed by atoms with Gasteiger partial charge in [0.15, 0.2) is 5.82 Å². The van der Waals surface area contributed by atoms with Gasteiger partial charge in [0, 0.05) is 12.6 Å². The molecule has 2 aromatic rings. The summed E-state index contributed by atoms with van der Waals surface area (Å²) in [6, 6.07) is 2.57. The Morgan fingerprint density at radius 2 is 2.24 bits per heavy atom. The molecule has 1 aromatic carbocycles. The number of benzene rings is 1. The summed E-state index contributed by atoms with van der Waals surface area (Å²) in [5, 5.41) is 3.71. The molecule has 7 heteroatoms. The van der Waals surface area contributed by atoms with Gasteiger partial charge in [-0.05, 0) is 31.9 Å². The normalized spacial score (nSPS) is 18.2. The van der Waals surface area contributed by atoms with Crippen molar-refractivity contribution in [1.29, 1.82) is 0 Å². The predicted molar refractivity (Wildman–Crippen MR) is 68.4 cm³/mol. The van der Waals surface area contributed by atoms with Crippen LogP contribution in [0.15, 0.2) is 22.7 Å². The number of likely N-dealkylation sites (tertiary alicyclic amines) is 1. The van der Waals surface area contributed by atoms with E-state index in [0.29, 0.717) is 30.7 Å². The molecule has 1 amide bonds. The van der Waals surface area contributed by atoms with Crippen molar-refractivity contribution in [2.75, 3.05) is 6.54 Å². The fourth-order valence-corrected chi connectivity index (χ4v) is 2.53. The molecule has 1 atom stereocenters. The van der Waals surface area contributed by atoms with Crippen LogP contribution in [0.25, 0.3) is 0 Å². The van der Waals surface area contributed by atoms with Gasteiger partial charge < -0.3 is 9.42 Å². The highest BCUT2D eigenvalue weighted by Crippen LogP contribution is 2.32. The van der Waals surface area contributed by atoms with Gasteiger partial charge in [-0.25, -0.2) is 8.78 Å².